The molecule has 0 radical (unpaired) electrons. The van der Waals surface area contributed by atoms with Crippen molar-refractivity contribution in [3.05, 3.63) is 16.1 Å². The van der Waals surface area contributed by atoms with Crippen LogP contribution in [0.15, 0.2) is 6.20 Å². The normalized spacial score (nSPS) is 10.3. The van der Waals surface area contributed by atoms with E-state index in [1.807, 2.05) is 6.92 Å². The second-order valence-corrected chi connectivity index (χ2v) is 4.00. The van der Waals surface area contributed by atoms with Gasteiger partial charge in [0.1, 0.15) is 0 Å². The fraction of sp³-hybridized carbons (Fsp3) is 0.556. The van der Waals surface area contributed by atoms with Crippen LogP contribution >= 0.6 is 11.3 Å². The SMILES string of the molecule is COCCCC(=O)c1cnc(C)s1. The first-order valence-corrected chi connectivity index (χ1v) is 5.00. The highest BCUT2D eigenvalue weighted by atomic mass is 32.1. The molecule has 0 fully saturated rings. The summed E-state index contributed by atoms with van der Waals surface area (Å²) in [4.78, 5) is 16.2. The molecule has 0 saturated heterocycles. The molecular formula is C9H13NO2S. The standard InChI is InChI=1S/C9H13NO2S/c1-7-10-6-9(13-7)8(11)4-3-5-12-2/h6H,3-5H2,1-2H3. The van der Waals surface area contributed by atoms with E-state index in [1.165, 1.54) is 11.3 Å². The van der Waals surface area contributed by atoms with Gasteiger partial charge in [-0.3, -0.25) is 4.79 Å². The first-order valence-electron chi connectivity index (χ1n) is 4.18. The third-order valence-corrected chi connectivity index (χ3v) is 2.60. The van der Waals surface area contributed by atoms with Crippen molar-refractivity contribution in [1.82, 2.24) is 4.98 Å². The van der Waals surface area contributed by atoms with Gasteiger partial charge in [0.25, 0.3) is 0 Å². The first kappa shape index (κ1) is 10.3. The van der Waals surface area contributed by atoms with E-state index in [9.17, 15) is 4.79 Å². The van der Waals surface area contributed by atoms with Crippen LogP contribution in [0, 0.1) is 6.92 Å². The molecule has 72 valence electrons. The molecular weight excluding hydrogens is 186 g/mol. The molecule has 0 aliphatic rings. The van der Waals surface area contributed by atoms with Gasteiger partial charge in [-0.25, -0.2) is 4.98 Å². The first-order chi connectivity index (χ1) is 6.24. The topological polar surface area (TPSA) is 39.2 Å². The van der Waals surface area contributed by atoms with E-state index in [0.717, 1.165) is 16.3 Å². The van der Waals surface area contributed by atoms with Gasteiger partial charge in [0, 0.05) is 26.3 Å². The Morgan fingerprint density at radius 2 is 2.46 bits per heavy atom. The average Bonchev–Trinajstić information content (AvgIpc) is 2.52. The van der Waals surface area contributed by atoms with E-state index < -0.39 is 0 Å². The molecule has 0 aliphatic heterocycles. The summed E-state index contributed by atoms with van der Waals surface area (Å²) in [6, 6.07) is 0. The molecule has 0 N–H and O–H groups in total. The Hall–Kier alpha value is -0.740. The smallest absolute Gasteiger partial charge is 0.174 e. The van der Waals surface area contributed by atoms with Crippen LogP contribution in [0.4, 0.5) is 0 Å². The molecule has 0 unspecified atom stereocenters. The van der Waals surface area contributed by atoms with E-state index in [1.54, 1.807) is 13.3 Å². The van der Waals surface area contributed by atoms with Gasteiger partial charge >= 0.3 is 0 Å². The largest absolute Gasteiger partial charge is 0.385 e. The molecule has 4 heteroatoms. The van der Waals surface area contributed by atoms with Gasteiger partial charge in [0.2, 0.25) is 0 Å². The second kappa shape index (κ2) is 5.09. The summed E-state index contributed by atoms with van der Waals surface area (Å²) in [6.07, 6.45) is 2.98. The number of rotatable bonds is 5. The molecule has 0 atom stereocenters. The molecule has 0 aliphatic carbocycles. The molecule has 0 saturated carbocycles. The van der Waals surface area contributed by atoms with Crippen molar-refractivity contribution < 1.29 is 9.53 Å². The maximum absolute atomic E-state index is 11.4. The molecule has 1 aromatic rings. The van der Waals surface area contributed by atoms with Crippen molar-refractivity contribution in [2.45, 2.75) is 19.8 Å². The Labute approximate surface area is 81.8 Å². The minimum Gasteiger partial charge on any atom is -0.385 e. The molecule has 0 spiro atoms. The van der Waals surface area contributed by atoms with Gasteiger partial charge in [-0.15, -0.1) is 11.3 Å². The van der Waals surface area contributed by atoms with Gasteiger partial charge in [-0.2, -0.15) is 0 Å². The molecule has 1 heterocycles. The van der Waals surface area contributed by atoms with E-state index in [4.69, 9.17) is 4.74 Å². The van der Waals surface area contributed by atoms with Crippen LogP contribution in [0.5, 0.6) is 0 Å². The van der Waals surface area contributed by atoms with Crippen molar-refractivity contribution in [2.75, 3.05) is 13.7 Å². The maximum atomic E-state index is 11.4. The lowest BCUT2D eigenvalue weighted by Gasteiger charge is -1.96. The summed E-state index contributed by atoms with van der Waals surface area (Å²) < 4.78 is 4.87. The second-order valence-electron chi connectivity index (χ2n) is 2.76. The molecule has 1 rings (SSSR count). The third kappa shape index (κ3) is 3.24. The fourth-order valence-electron chi connectivity index (χ4n) is 0.991. The number of thiazole rings is 1. The number of hydrogen-bond acceptors (Lipinski definition) is 4. The number of aromatic nitrogens is 1. The number of ketones is 1. The molecule has 0 bridgehead atoms. The lowest BCUT2D eigenvalue weighted by Crippen LogP contribution is -1.98. The van der Waals surface area contributed by atoms with Crippen LogP contribution in [0.3, 0.4) is 0 Å². The number of ether oxygens (including phenoxy) is 1. The predicted molar refractivity (Wildman–Crippen MR) is 52.3 cm³/mol. The van der Waals surface area contributed by atoms with Crippen LogP contribution in [0.1, 0.15) is 27.5 Å². The summed E-state index contributed by atoms with van der Waals surface area (Å²) in [5.41, 5.74) is 0. The summed E-state index contributed by atoms with van der Waals surface area (Å²) in [5.74, 6) is 0.169. The minimum atomic E-state index is 0.169. The highest BCUT2D eigenvalue weighted by Gasteiger charge is 2.07. The lowest BCUT2D eigenvalue weighted by molar-refractivity contribution is 0.0967. The Kier molecular flexibility index (Phi) is 4.05. The zero-order valence-electron chi connectivity index (χ0n) is 7.87. The minimum absolute atomic E-state index is 0.169. The Balaban J connectivity index is 2.40. The van der Waals surface area contributed by atoms with Gasteiger partial charge in [-0.05, 0) is 13.3 Å². The van der Waals surface area contributed by atoms with E-state index in [0.29, 0.717) is 13.0 Å². The van der Waals surface area contributed by atoms with Gasteiger partial charge < -0.3 is 4.74 Å². The zero-order valence-corrected chi connectivity index (χ0v) is 8.69. The summed E-state index contributed by atoms with van der Waals surface area (Å²) >= 11 is 1.45. The lowest BCUT2D eigenvalue weighted by atomic mass is 10.2. The van der Waals surface area contributed by atoms with Crippen molar-refractivity contribution in [2.24, 2.45) is 0 Å². The number of carbonyl (C=O) groups is 1. The van der Waals surface area contributed by atoms with Crippen molar-refractivity contribution in [3.63, 3.8) is 0 Å². The number of hydrogen-bond donors (Lipinski definition) is 0. The quantitative estimate of drug-likeness (QED) is 0.538. The molecule has 13 heavy (non-hydrogen) atoms. The zero-order chi connectivity index (χ0) is 9.68. The molecule has 1 aromatic heterocycles. The number of nitrogens with zero attached hydrogens (tertiary/aromatic N) is 1. The van der Waals surface area contributed by atoms with Crippen molar-refractivity contribution in [3.8, 4) is 0 Å². The van der Waals surface area contributed by atoms with Crippen LogP contribution in [0.2, 0.25) is 0 Å². The van der Waals surface area contributed by atoms with E-state index >= 15 is 0 Å². The van der Waals surface area contributed by atoms with Crippen LogP contribution in [0.25, 0.3) is 0 Å². The highest BCUT2D eigenvalue weighted by Crippen LogP contribution is 2.14. The fourth-order valence-corrected chi connectivity index (χ4v) is 1.74. The van der Waals surface area contributed by atoms with Gasteiger partial charge in [-0.1, -0.05) is 0 Å². The maximum Gasteiger partial charge on any atom is 0.174 e. The van der Waals surface area contributed by atoms with Crippen LogP contribution in [-0.4, -0.2) is 24.5 Å². The molecule has 0 aromatic carbocycles. The monoisotopic (exact) mass is 199 g/mol. The summed E-state index contributed by atoms with van der Waals surface area (Å²) in [6.45, 7) is 2.54. The van der Waals surface area contributed by atoms with Gasteiger partial charge in [0.05, 0.1) is 9.88 Å². The van der Waals surface area contributed by atoms with Crippen LogP contribution < -0.4 is 0 Å². The van der Waals surface area contributed by atoms with Crippen molar-refractivity contribution in [1.29, 1.82) is 0 Å². The summed E-state index contributed by atoms with van der Waals surface area (Å²) in [5, 5.41) is 0.940. The summed E-state index contributed by atoms with van der Waals surface area (Å²) in [7, 11) is 1.64. The predicted octanol–water partition coefficient (Wildman–Crippen LogP) is 2.06. The molecule has 0 amide bonds. The third-order valence-electron chi connectivity index (χ3n) is 1.65. The Morgan fingerprint density at radius 1 is 1.69 bits per heavy atom. The number of methoxy groups -OCH3 is 1. The number of Topliss-reactive ketones (excluding diaryl/α,β-unsaturated/α-hetero) is 1. The van der Waals surface area contributed by atoms with E-state index in [2.05, 4.69) is 4.98 Å². The average molecular weight is 199 g/mol. The molecule has 3 nitrogen and oxygen atoms in total. The Morgan fingerprint density at radius 3 is 3.00 bits per heavy atom. The van der Waals surface area contributed by atoms with Crippen molar-refractivity contribution >= 4 is 17.1 Å². The number of carbonyl (C=O) groups excluding carboxylic acids is 1. The van der Waals surface area contributed by atoms with E-state index in [-0.39, 0.29) is 5.78 Å². The van der Waals surface area contributed by atoms with Crippen LogP contribution in [-0.2, 0) is 4.74 Å². The Bertz CT molecular complexity index is 283. The van der Waals surface area contributed by atoms with Gasteiger partial charge in [0.15, 0.2) is 5.78 Å². The highest BCUT2D eigenvalue weighted by molar-refractivity contribution is 7.13. The number of aryl methyl sites for hydroxylation is 1.